The number of nitrogens with one attached hydrogen (secondary N) is 2. The van der Waals surface area contributed by atoms with Crippen LogP contribution in [0.1, 0.15) is 11.1 Å². The molecule has 0 saturated heterocycles. The summed E-state index contributed by atoms with van der Waals surface area (Å²) in [6.07, 6.45) is 1.95. The Morgan fingerprint density at radius 3 is 2.60 bits per heavy atom. The van der Waals surface area contributed by atoms with Crippen LogP contribution in [0.4, 0.5) is 16.2 Å². The van der Waals surface area contributed by atoms with Crippen molar-refractivity contribution in [3.8, 4) is 0 Å². The Balaban J connectivity index is 1.82. The van der Waals surface area contributed by atoms with Crippen molar-refractivity contribution in [3.63, 3.8) is 0 Å². The predicted molar refractivity (Wildman–Crippen MR) is 102 cm³/mol. The van der Waals surface area contributed by atoms with E-state index in [4.69, 9.17) is 4.74 Å². The first-order chi connectivity index (χ1) is 12.1. The molecule has 3 rings (SSSR count). The number of benzene rings is 2. The highest BCUT2D eigenvalue weighted by molar-refractivity contribution is 6.06. The minimum Gasteiger partial charge on any atom is -0.383 e. The Morgan fingerprint density at radius 2 is 1.80 bits per heavy atom. The zero-order valence-corrected chi connectivity index (χ0v) is 14.8. The molecule has 25 heavy (non-hydrogen) atoms. The Morgan fingerprint density at radius 1 is 1.04 bits per heavy atom. The first-order valence-corrected chi connectivity index (χ1v) is 8.31. The Kier molecular flexibility index (Phi) is 5.05. The summed E-state index contributed by atoms with van der Waals surface area (Å²) in [6, 6.07) is 13.6. The number of aryl methyl sites for hydroxylation is 1. The van der Waals surface area contributed by atoms with Crippen LogP contribution in [-0.4, -0.2) is 24.3 Å². The number of methoxy groups -OCH3 is 1. The standard InChI is InChI=1S/C20H23N3O2/c1-14-7-6-9-17(15(14)2)21-20(24)22-18-13-23(11-12-25-3)19-10-5-4-8-16(18)19/h4-10,13H,11-12H2,1-3H3,(H2,21,22,24). The number of aromatic nitrogens is 1. The van der Waals surface area contributed by atoms with Gasteiger partial charge in [-0.25, -0.2) is 4.79 Å². The second-order valence-electron chi connectivity index (χ2n) is 6.07. The lowest BCUT2D eigenvalue weighted by Gasteiger charge is -2.11. The van der Waals surface area contributed by atoms with Gasteiger partial charge >= 0.3 is 6.03 Å². The van der Waals surface area contributed by atoms with Crippen molar-refractivity contribution in [2.45, 2.75) is 20.4 Å². The molecule has 5 heteroatoms. The summed E-state index contributed by atoms with van der Waals surface area (Å²) in [5.74, 6) is 0. The van der Waals surface area contributed by atoms with Gasteiger partial charge in [0.2, 0.25) is 0 Å². The fourth-order valence-electron chi connectivity index (χ4n) is 2.88. The molecule has 0 radical (unpaired) electrons. The zero-order valence-electron chi connectivity index (χ0n) is 14.8. The highest BCUT2D eigenvalue weighted by Crippen LogP contribution is 2.26. The SMILES string of the molecule is COCCn1cc(NC(=O)Nc2cccc(C)c2C)c2ccccc21. The number of ether oxygens (including phenoxy) is 1. The minimum absolute atomic E-state index is 0.247. The van der Waals surface area contributed by atoms with E-state index in [1.165, 1.54) is 0 Å². The molecule has 0 unspecified atom stereocenters. The van der Waals surface area contributed by atoms with Gasteiger partial charge in [-0.1, -0.05) is 30.3 Å². The van der Waals surface area contributed by atoms with Crippen LogP contribution in [0.15, 0.2) is 48.7 Å². The van der Waals surface area contributed by atoms with Gasteiger partial charge in [0.1, 0.15) is 0 Å². The molecule has 0 spiro atoms. The normalized spacial score (nSPS) is 10.8. The highest BCUT2D eigenvalue weighted by Gasteiger charge is 2.12. The molecular weight excluding hydrogens is 314 g/mol. The van der Waals surface area contributed by atoms with Crippen molar-refractivity contribution in [2.75, 3.05) is 24.4 Å². The van der Waals surface area contributed by atoms with E-state index in [-0.39, 0.29) is 6.03 Å². The summed E-state index contributed by atoms with van der Waals surface area (Å²) < 4.78 is 7.26. The largest absolute Gasteiger partial charge is 0.383 e. The van der Waals surface area contributed by atoms with Crippen LogP contribution in [0.25, 0.3) is 10.9 Å². The summed E-state index contributed by atoms with van der Waals surface area (Å²) >= 11 is 0. The molecule has 2 aromatic carbocycles. The van der Waals surface area contributed by atoms with Crippen LogP contribution >= 0.6 is 0 Å². The van der Waals surface area contributed by atoms with Gasteiger partial charge in [0, 0.05) is 30.9 Å². The number of fused-ring (bicyclic) bond motifs is 1. The molecule has 0 aliphatic heterocycles. The molecular formula is C20H23N3O2. The first kappa shape index (κ1) is 17.0. The third-order valence-electron chi connectivity index (χ3n) is 4.43. The molecule has 3 aromatic rings. The number of amides is 2. The summed E-state index contributed by atoms with van der Waals surface area (Å²) in [7, 11) is 1.68. The number of carbonyl (C=O) groups excluding carboxylic acids is 1. The highest BCUT2D eigenvalue weighted by atomic mass is 16.5. The van der Waals surface area contributed by atoms with Gasteiger partial charge in [0.25, 0.3) is 0 Å². The number of rotatable bonds is 5. The molecule has 2 amide bonds. The fraction of sp³-hybridized carbons (Fsp3) is 0.250. The van der Waals surface area contributed by atoms with E-state index in [0.29, 0.717) is 6.61 Å². The minimum atomic E-state index is -0.247. The van der Waals surface area contributed by atoms with Crippen LogP contribution in [0.2, 0.25) is 0 Å². The van der Waals surface area contributed by atoms with E-state index < -0.39 is 0 Å². The third-order valence-corrected chi connectivity index (χ3v) is 4.43. The average Bonchev–Trinajstić information content (AvgIpc) is 2.95. The quantitative estimate of drug-likeness (QED) is 0.718. The van der Waals surface area contributed by atoms with E-state index in [9.17, 15) is 4.79 Å². The number of carbonyl (C=O) groups is 1. The topological polar surface area (TPSA) is 55.3 Å². The molecule has 130 valence electrons. The molecule has 0 saturated carbocycles. The smallest absolute Gasteiger partial charge is 0.323 e. The molecule has 2 N–H and O–H groups in total. The van der Waals surface area contributed by atoms with Crippen molar-refractivity contribution in [1.82, 2.24) is 4.57 Å². The molecule has 0 atom stereocenters. The van der Waals surface area contributed by atoms with Crippen molar-refractivity contribution >= 4 is 28.3 Å². The van der Waals surface area contributed by atoms with Gasteiger partial charge in [-0.2, -0.15) is 0 Å². The number of urea groups is 1. The molecule has 0 aliphatic carbocycles. The molecule has 1 heterocycles. The number of hydrogen-bond donors (Lipinski definition) is 2. The van der Waals surface area contributed by atoms with Crippen LogP contribution in [0.5, 0.6) is 0 Å². The number of hydrogen-bond acceptors (Lipinski definition) is 2. The van der Waals surface area contributed by atoms with Gasteiger partial charge in [0.15, 0.2) is 0 Å². The van der Waals surface area contributed by atoms with Crippen LogP contribution in [0, 0.1) is 13.8 Å². The van der Waals surface area contributed by atoms with Gasteiger partial charge in [-0.15, -0.1) is 0 Å². The zero-order chi connectivity index (χ0) is 17.8. The summed E-state index contributed by atoms with van der Waals surface area (Å²) in [5.41, 5.74) is 4.89. The average molecular weight is 337 g/mol. The van der Waals surface area contributed by atoms with Crippen molar-refractivity contribution in [1.29, 1.82) is 0 Å². The molecule has 0 aliphatic rings. The number of nitrogens with zero attached hydrogens (tertiary/aromatic N) is 1. The second kappa shape index (κ2) is 7.40. The van der Waals surface area contributed by atoms with Gasteiger partial charge in [0.05, 0.1) is 17.8 Å². The molecule has 0 bridgehead atoms. The van der Waals surface area contributed by atoms with Gasteiger partial charge in [-0.3, -0.25) is 0 Å². The Labute approximate surface area is 147 Å². The van der Waals surface area contributed by atoms with Gasteiger partial charge in [-0.05, 0) is 37.1 Å². The Bertz CT molecular complexity index is 899. The Hall–Kier alpha value is -2.79. The second-order valence-corrected chi connectivity index (χ2v) is 6.07. The third kappa shape index (κ3) is 3.67. The number of anilines is 2. The first-order valence-electron chi connectivity index (χ1n) is 8.31. The van der Waals surface area contributed by atoms with E-state index in [0.717, 1.165) is 39.9 Å². The van der Waals surface area contributed by atoms with Crippen LogP contribution in [0.3, 0.4) is 0 Å². The van der Waals surface area contributed by atoms with Crippen molar-refractivity contribution < 1.29 is 9.53 Å². The summed E-state index contributed by atoms with van der Waals surface area (Å²) in [5, 5.41) is 6.91. The van der Waals surface area contributed by atoms with Crippen molar-refractivity contribution in [2.24, 2.45) is 0 Å². The lowest BCUT2D eigenvalue weighted by atomic mass is 10.1. The van der Waals surface area contributed by atoms with E-state index in [1.54, 1.807) is 7.11 Å². The lowest BCUT2D eigenvalue weighted by molar-refractivity contribution is 0.188. The fourth-order valence-corrected chi connectivity index (χ4v) is 2.88. The van der Waals surface area contributed by atoms with Gasteiger partial charge < -0.3 is 19.9 Å². The molecule has 0 fully saturated rings. The van der Waals surface area contributed by atoms with Crippen LogP contribution < -0.4 is 10.6 Å². The molecule has 1 aromatic heterocycles. The van der Waals surface area contributed by atoms with E-state index >= 15 is 0 Å². The number of para-hydroxylation sites is 1. The maximum atomic E-state index is 12.5. The van der Waals surface area contributed by atoms with Crippen molar-refractivity contribution in [3.05, 3.63) is 59.8 Å². The monoisotopic (exact) mass is 337 g/mol. The summed E-state index contributed by atoms with van der Waals surface area (Å²) in [4.78, 5) is 12.5. The predicted octanol–water partition coefficient (Wildman–Crippen LogP) is 4.55. The lowest BCUT2D eigenvalue weighted by Crippen LogP contribution is -2.20. The van der Waals surface area contributed by atoms with E-state index in [2.05, 4.69) is 15.2 Å². The van der Waals surface area contributed by atoms with Crippen LogP contribution in [-0.2, 0) is 11.3 Å². The molecule has 5 nitrogen and oxygen atoms in total. The maximum absolute atomic E-state index is 12.5. The summed E-state index contributed by atoms with van der Waals surface area (Å²) in [6.45, 7) is 5.38. The van der Waals surface area contributed by atoms with E-state index in [1.807, 2.05) is 62.5 Å². The maximum Gasteiger partial charge on any atom is 0.323 e.